The van der Waals surface area contributed by atoms with Gasteiger partial charge in [-0.15, -0.1) is 11.8 Å². The molecule has 0 saturated carbocycles. The molecule has 0 amide bonds. The minimum absolute atomic E-state index is 0.0220. The molecule has 1 atom stereocenters. The summed E-state index contributed by atoms with van der Waals surface area (Å²) in [5.74, 6) is 0.103. The Bertz CT molecular complexity index is 898. The summed E-state index contributed by atoms with van der Waals surface area (Å²) in [4.78, 5) is 14.3. The molecule has 0 fully saturated rings. The second-order valence-electron chi connectivity index (χ2n) is 5.74. The fraction of sp³-hybridized carbons (Fsp3) is 0.0455. The van der Waals surface area contributed by atoms with E-state index in [0.29, 0.717) is 0 Å². The van der Waals surface area contributed by atoms with Crippen LogP contribution in [0.1, 0.15) is 26.7 Å². The zero-order chi connectivity index (χ0) is 16.4. The number of benzene rings is 3. The fourth-order valence-electron chi connectivity index (χ4n) is 2.96. The third kappa shape index (κ3) is 2.81. The molecular formula is C22H16OS. The van der Waals surface area contributed by atoms with Gasteiger partial charge in [0.2, 0.25) is 0 Å². The summed E-state index contributed by atoms with van der Waals surface area (Å²) in [5.41, 5.74) is 3.86. The molecule has 2 heteroatoms. The third-order valence-corrected chi connectivity index (χ3v) is 5.55. The summed E-state index contributed by atoms with van der Waals surface area (Å²) in [7, 11) is 0. The highest BCUT2D eigenvalue weighted by molar-refractivity contribution is 8.00. The van der Waals surface area contributed by atoms with Gasteiger partial charge in [-0.1, -0.05) is 78.9 Å². The third-order valence-electron chi connectivity index (χ3n) is 4.16. The van der Waals surface area contributed by atoms with Crippen molar-refractivity contribution in [2.24, 2.45) is 0 Å². The molecule has 0 N–H and O–H groups in total. The van der Waals surface area contributed by atoms with Crippen LogP contribution in [0.15, 0.2) is 95.4 Å². The molecule has 1 aliphatic heterocycles. The Morgan fingerprint density at radius 3 is 2.12 bits per heavy atom. The number of hydrogen-bond donors (Lipinski definition) is 0. The van der Waals surface area contributed by atoms with Gasteiger partial charge in [-0.05, 0) is 23.3 Å². The van der Waals surface area contributed by atoms with Crippen LogP contribution in [0.4, 0.5) is 0 Å². The Morgan fingerprint density at radius 1 is 0.750 bits per heavy atom. The molecule has 3 aromatic carbocycles. The molecule has 1 heterocycles. The van der Waals surface area contributed by atoms with Gasteiger partial charge in [-0.3, -0.25) is 4.79 Å². The van der Waals surface area contributed by atoms with Crippen molar-refractivity contribution in [3.63, 3.8) is 0 Å². The van der Waals surface area contributed by atoms with E-state index in [1.54, 1.807) is 11.8 Å². The van der Waals surface area contributed by atoms with Crippen LogP contribution in [0.5, 0.6) is 0 Å². The lowest BCUT2D eigenvalue weighted by Crippen LogP contribution is -2.13. The quantitative estimate of drug-likeness (QED) is 0.565. The van der Waals surface area contributed by atoms with Gasteiger partial charge < -0.3 is 0 Å². The molecule has 1 aliphatic rings. The van der Waals surface area contributed by atoms with E-state index in [9.17, 15) is 4.79 Å². The van der Waals surface area contributed by atoms with Gasteiger partial charge in [-0.2, -0.15) is 0 Å². The lowest BCUT2D eigenvalue weighted by Gasteiger charge is -2.25. The molecule has 3 aromatic rings. The number of fused-ring (bicyclic) bond motifs is 1. The lowest BCUT2D eigenvalue weighted by molar-refractivity contribution is 0.103. The Morgan fingerprint density at radius 2 is 1.38 bits per heavy atom. The molecule has 4 rings (SSSR count). The Hall–Kier alpha value is -2.58. The Kier molecular flexibility index (Phi) is 4.06. The summed E-state index contributed by atoms with van der Waals surface area (Å²) in [6.07, 6.45) is 2.05. The average molecular weight is 328 g/mol. The van der Waals surface area contributed by atoms with E-state index in [1.165, 1.54) is 4.90 Å². The van der Waals surface area contributed by atoms with Crippen LogP contribution in [-0.4, -0.2) is 5.78 Å². The highest BCUT2D eigenvalue weighted by atomic mass is 32.2. The van der Waals surface area contributed by atoms with Crippen molar-refractivity contribution >= 4 is 23.6 Å². The van der Waals surface area contributed by atoms with Crippen molar-refractivity contribution < 1.29 is 4.79 Å². The van der Waals surface area contributed by atoms with E-state index in [-0.39, 0.29) is 11.0 Å². The second-order valence-corrected chi connectivity index (χ2v) is 6.89. The van der Waals surface area contributed by atoms with Crippen molar-refractivity contribution in [2.45, 2.75) is 10.1 Å². The molecule has 116 valence electrons. The van der Waals surface area contributed by atoms with Gasteiger partial charge in [0.15, 0.2) is 5.78 Å². The van der Waals surface area contributed by atoms with E-state index in [0.717, 1.165) is 22.3 Å². The number of hydrogen-bond acceptors (Lipinski definition) is 2. The highest BCUT2D eigenvalue weighted by Crippen LogP contribution is 2.47. The van der Waals surface area contributed by atoms with Crippen molar-refractivity contribution in [3.8, 4) is 0 Å². The van der Waals surface area contributed by atoms with Gasteiger partial charge in [0.25, 0.3) is 0 Å². The van der Waals surface area contributed by atoms with Gasteiger partial charge in [0.05, 0.1) is 5.25 Å². The number of ketones is 1. The lowest BCUT2D eigenvalue weighted by atomic mass is 9.94. The number of rotatable bonds is 3. The zero-order valence-electron chi connectivity index (χ0n) is 13.1. The fourth-order valence-corrected chi connectivity index (χ4v) is 4.23. The van der Waals surface area contributed by atoms with Crippen molar-refractivity contribution in [2.75, 3.05) is 0 Å². The van der Waals surface area contributed by atoms with E-state index < -0.39 is 0 Å². The van der Waals surface area contributed by atoms with Crippen LogP contribution in [0, 0.1) is 0 Å². The molecule has 0 saturated heterocycles. The van der Waals surface area contributed by atoms with Gasteiger partial charge in [-0.25, -0.2) is 0 Å². The largest absolute Gasteiger partial charge is 0.289 e. The molecule has 0 spiro atoms. The van der Waals surface area contributed by atoms with Crippen LogP contribution >= 0.6 is 11.8 Å². The van der Waals surface area contributed by atoms with Gasteiger partial charge in [0, 0.05) is 16.0 Å². The van der Waals surface area contributed by atoms with Crippen LogP contribution in [0.2, 0.25) is 0 Å². The highest BCUT2D eigenvalue weighted by Gasteiger charge is 2.28. The number of carbonyl (C=O) groups excluding carboxylic acids is 1. The maximum absolute atomic E-state index is 13.1. The summed E-state index contributed by atoms with van der Waals surface area (Å²) < 4.78 is 0. The number of carbonyl (C=O) groups is 1. The minimum atomic E-state index is 0.0220. The van der Waals surface area contributed by atoms with E-state index in [1.807, 2.05) is 60.7 Å². The van der Waals surface area contributed by atoms with Crippen LogP contribution < -0.4 is 0 Å². The van der Waals surface area contributed by atoms with E-state index in [4.69, 9.17) is 0 Å². The first-order valence-electron chi connectivity index (χ1n) is 7.95. The predicted octanol–water partition coefficient (Wildman–Crippen LogP) is 5.80. The summed E-state index contributed by atoms with van der Waals surface area (Å²) in [6, 6.07) is 28.0. The maximum atomic E-state index is 13.1. The zero-order valence-corrected chi connectivity index (χ0v) is 13.9. The monoisotopic (exact) mass is 328 g/mol. The number of Topliss-reactive ketones (excluding diaryl/α,β-unsaturated/α-hetero) is 1. The molecule has 0 aromatic heterocycles. The van der Waals surface area contributed by atoms with Crippen molar-refractivity contribution in [1.82, 2.24) is 0 Å². The topological polar surface area (TPSA) is 17.1 Å². The van der Waals surface area contributed by atoms with Crippen molar-refractivity contribution in [1.29, 1.82) is 0 Å². The Labute approximate surface area is 146 Å². The molecule has 1 nitrogen and oxygen atoms in total. The molecule has 0 aliphatic carbocycles. The molecule has 1 unspecified atom stereocenters. The van der Waals surface area contributed by atoms with Crippen LogP contribution in [0.25, 0.3) is 6.08 Å². The van der Waals surface area contributed by atoms with E-state index >= 15 is 0 Å². The number of thioether (sulfide) groups is 1. The van der Waals surface area contributed by atoms with Crippen molar-refractivity contribution in [3.05, 3.63) is 107 Å². The minimum Gasteiger partial charge on any atom is -0.289 e. The smallest absolute Gasteiger partial charge is 0.190 e. The SMILES string of the molecule is O=C(C1=Cc2ccccc2SC1c1ccccc1)c1ccccc1. The molecule has 0 bridgehead atoms. The normalized spacial score (nSPS) is 16.2. The van der Waals surface area contributed by atoms with Crippen LogP contribution in [0.3, 0.4) is 0 Å². The summed E-state index contributed by atoms with van der Waals surface area (Å²) >= 11 is 1.75. The molecular weight excluding hydrogens is 312 g/mol. The van der Waals surface area contributed by atoms with Gasteiger partial charge >= 0.3 is 0 Å². The first kappa shape index (κ1) is 15.0. The Balaban J connectivity index is 1.83. The molecule has 0 radical (unpaired) electrons. The van der Waals surface area contributed by atoms with Crippen LogP contribution in [-0.2, 0) is 0 Å². The average Bonchev–Trinajstić information content (AvgIpc) is 2.68. The maximum Gasteiger partial charge on any atom is 0.190 e. The summed E-state index contributed by atoms with van der Waals surface area (Å²) in [6.45, 7) is 0. The van der Waals surface area contributed by atoms with Gasteiger partial charge in [0.1, 0.15) is 0 Å². The predicted molar refractivity (Wildman–Crippen MR) is 100 cm³/mol. The standard InChI is InChI=1S/C22H16OS/c23-21(16-9-3-1-4-10-16)19-15-18-13-7-8-14-20(18)24-22(19)17-11-5-2-6-12-17/h1-15,22H. The van der Waals surface area contributed by atoms with E-state index in [2.05, 4.69) is 30.3 Å². The second kappa shape index (κ2) is 6.50. The first-order chi connectivity index (χ1) is 11.8. The first-order valence-corrected chi connectivity index (χ1v) is 8.83. The molecule has 24 heavy (non-hydrogen) atoms. The summed E-state index contributed by atoms with van der Waals surface area (Å²) in [5, 5.41) is 0.0220.